The minimum atomic E-state index is 0.0734. The molecule has 1 aromatic rings. The van der Waals surface area contributed by atoms with Gasteiger partial charge in [-0.05, 0) is 12.1 Å². The molecule has 0 aliphatic carbocycles. The molecule has 1 saturated heterocycles. The third-order valence-electron chi connectivity index (χ3n) is 2.51. The quantitative estimate of drug-likeness (QED) is 0.825. The van der Waals surface area contributed by atoms with Crippen LogP contribution < -0.4 is 9.64 Å². The summed E-state index contributed by atoms with van der Waals surface area (Å²) in [5.41, 5.74) is 0.769. The molecule has 1 atom stereocenters. The molecule has 0 radical (unpaired) electrons. The molecule has 0 saturated carbocycles. The molecular weight excluding hydrogens is 246 g/mol. The van der Waals surface area contributed by atoms with E-state index in [1.807, 2.05) is 0 Å². The summed E-state index contributed by atoms with van der Waals surface area (Å²) in [6.07, 6.45) is 0.470. The lowest BCUT2D eigenvalue weighted by Crippen LogP contribution is -2.24. The van der Waals surface area contributed by atoms with Crippen molar-refractivity contribution in [3.8, 4) is 5.75 Å². The Bertz CT molecular complexity index is 424. The predicted octanol–water partition coefficient (Wildman–Crippen LogP) is 2.38. The fourth-order valence-electron chi connectivity index (χ4n) is 1.76. The predicted molar refractivity (Wildman–Crippen MR) is 67.7 cm³/mol. The summed E-state index contributed by atoms with van der Waals surface area (Å²) in [6.45, 7) is 0.617. The third-order valence-corrected chi connectivity index (χ3v) is 3.07. The molecule has 0 aromatic heterocycles. The minimum Gasteiger partial charge on any atom is -0.497 e. The van der Waals surface area contributed by atoms with Crippen LogP contribution >= 0.6 is 24.2 Å². The van der Waals surface area contributed by atoms with Gasteiger partial charge in [-0.1, -0.05) is 11.6 Å². The highest BCUT2D eigenvalue weighted by molar-refractivity contribution is 7.81. The molecule has 3 nitrogen and oxygen atoms in total. The van der Waals surface area contributed by atoms with Gasteiger partial charge in [-0.2, -0.15) is 12.6 Å². The van der Waals surface area contributed by atoms with E-state index in [1.165, 1.54) is 0 Å². The van der Waals surface area contributed by atoms with Gasteiger partial charge in [-0.15, -0.1) is 0 Å². The van der Waals surface area contributed by atoms with Crippen molar-refractivity contribution >= 4 is 35.8 Å². The summed E-state index contributed by atoms with van der Waals surface area (Å²) in [4.78, 5) is 13.4. The van der Waals surface area contributed by atoms with Crippen LogP contribution in [0, 0.1) is 0 Å². The molecule has 5 heteroatoms. The van der Waals surface area contributed by atoms with E-state index in [-0.39, 0.29) is 11.2 Å². The van der Waals surface area contributed by atoms with Crippen molar-refractivity contribution in [2.45, 2.75) is 11.7 Å². The number of benzene rings is 1. The highest BCUT2D eigenvalue weighted by Gasteiger charge is 2.28. The summed E-state index contributed by atoms with van der Waals surface area (Å²) in [6, 6.07) is 5.27. The van der Waals surface area contributed by atoms with E-state index in [0.717, 1.165) is 5.69 Å². The molecular formula is C11H12ClNO2S. The number of hydrogen-bond acceptors (Lipinski definition) is 3. The Labute approximate surface area is 105 Å². The van der Waals surface area contributed by atoms with Gasteiger partial charge in [0.2, 0.25) is 5.91 Å². The van der Waals surface area contributed by atoms with Gasteiger partial charge < -0.3 is 9.64 Å². The standard InChI is InChI=1S/C11H12ClNO2S/c1-15-9-3-7(12)2-8(4-9)13-6-10(16)5-11(13)14/h2-4,10,16H,5-6H2,1H3. The zero-order chi connectivity index (χ0) is 11.7. The molecule has 1 aliphatic rings. The van der Waals surface area contributed by atoms with Crippen LogP contribution in [0.15, 0.2) is 18.2 Å². The molecule has 0 spiro atoms. The van der Waals surface area contributed by atoms with Gasteiger partial charge in [-0.3, -0.25) is 4.79 Å². The maximum absolute atomic E-state index is 11.7. The molecule has 1 amide bonds. The van der Waals surface area contributed by atoms with E-state index in [0.29, 0.717) is 23.7 Å². The van der Waals surface area contributed by atoms with Crippen molar-refractivity contribution in [2.75, 3.05) is 18.6 Å². The van der Waals surface area contributed by atoms with Gasteiger partial charge in [0, 0.05) is 35.0 Å². The zero-order valence-corrected chi connectivity index (χ0v) is 10.5. The van der Waals surface area contributed by atoms with E-state index in [2.05, 4.69) is 12.6 Å². The lowest BCUT2D eigenvalue weighted by molar-refractivity contribution is -0.117. The Balaban J connectivity index is 2.33. The summed E-state index contributed by atoms with van der Waals surface area (Å²) in [5, 5.41) is 0.655. The second kappa shape index (κ2) is 4.55. The molecule has 1 aromatic carbocycles. The van der Waals surface area contributed by atoms with Crippen LogP contribution in [-0.4, -0.2) is 24.8 Å². The van der Waals surface area contributed by atoms with Crippen molar-refractivity contribution in [1.82, 2.24) is 0 Å². The molecule has 2 rings (SSSR count). The van der Waals surface area contributed by atoms with Gasteiger partial charge in [0.15, 0.2) is 0 Å². The average Bonchev–Trinajstić information content (AvgIpc) is 2.57. The number of nitrogens with zero attached hydrogens (tertiary/aromatic N) is 1. The first kappa shape index (κ1) is 11.6. The summed E-state index contributed by atoms with van der Waals surface area (Å²) in [5.74, 6) is 0.724. The monoisotopic (exact) mass is 257 g/mol. The van der Waals surface area contributed by atoms with Crippen LogP contribution in [0.25, 0.3) is 0 Å². The van der Waals surface area contributed by atoms with Crippen molar-refractivity contribution in [2.24, 2.45) is 0 Å². The van der Waals surface area contributed by atoms with Gasteiger partial charge in [0.1, 0.15) is 5.75 Å². The van der Waals surface area contributed by atoms with Crippen LogP contribution in [-0.2, 0) is 4.79 Å². The molecule has 1 heterocycles. The van der Waals surface area contributed by atoms with Gasteiger partial charge in [0.05, 0.1) is 7.11 Å². The Morgan fingerprint density at radius 3 is 2.81 bits per heavy atom. The molecule has 1 unspecified atom stereocenters. The molecule has 0 N–H and O–H groups in total. The summed E-state index contributed by atoms with van der Waals surface area (Å²) < 4.78 is 5.12. The first-order valence-electron chi connectivity index (χ1n) is 4.93. The second-order valence-electron chi connectivity index (χ2n) is 3.71. The number of rotatable bonds is 2. The number of carbonyl (C=O) groups excluding carboxylic acids is 1. The van der Waals surface area contributed by atoms with Gasteiger partial charge >= 0.3 is 0 Å². The van der Waals surface area contributed by atoms with Crippen LogP contribution in [0.1, 0.15) is 6.42 Å². The average molecular weight is 258 g/mol. The van der Waals surface area contributed by atoms with Crippen LogP contribution in [0.3, 0.4) is 0 Å². The Morgan fingerprint density at radius 2 is 2.25 bits per heavy atom. The first-order chi connectivity index (χ1) is 7.60. The van der Waals surface area contributed by atoms with E-state index < -0.39 is 0 Å². The Hall–Kier alpha value is -0.870. The van der Waals surface area contributed by atoms with E-state index >= 15 is 0 Å². The van der Waals surface area contributed by atoms with Gasteiger partial charge in [0.25, 0.3) is 0 Å². The number of anilines is 1. The second-order valence-corrected chi connectivity index (χ2v) is 4.88. The molecule has 16 heavy (non-hydrogen) atoms. The Morgan fingerprint density at radius 1 is 1.50 bits per heavy atom. The third kappa shape index (κ3) is 2.28. The van der Waals surface area contributed by atoms with Crippen LogP contribution in [0.5, 0.6) is 5.75 Å². The zero-order valence-electron chi connectivity index (χ0n) is 8.81. The van der Waals surface area contributed by atoms with E-state index in [4.69, 9.17) is 16.3 Å². The number of methoxy groups -OCH3 is 1. The van der Waals surface area contributed by atoms with Crippen molar-refractivity contribution in [3.05, 3.63) is 23.2 Å². The largest absolute Gasteiger partial charge is 0.497 e. The topological polar surface area (TPSA) is 29.5 Å². The lowest BCUT2D eigenvalue weighted by Gasteiger charge is -2.17. The first-order valence-corrected chi connectivity index (χ1v) is 5.82. The van der Waals surface area contributed by atoms with Crippen molar-refractivity contribution in [3.63, 3.8) is 0 Å². The number of halogens is 1. The summed E-state index contributed by atoms with van der Waals surface area (Å²) >= 11 is 10.3. The van der Waals surface area contributed by atoms with Crippen LogP contribution in [0.2, 0.25) is 5.02 Å². The lowest BCUT2D eigenvalue weighted by atomic mass is 10.3. The molecule has 86 valence electrons. The minimum absolute atomic E-state index is 0.0734. The smallest absolute Gasteiger partial charge is 0.228 e. The highest BCUT2D eigenvalue weighted by Crippen LogP contribution is 2.30. The fourth-order valence-corrected chi connectivity index (χ4v) is 2.30. The summed E-state index contributed by atoms with van der Waals surface area (Å²) in [7, 11) is 1.57. The number of hydrogen-bond donors (Lipinski definition) is 1. The molecule has 1 fully saturated rings. The molecule has 0 bridgehead atoms. The van der Waals surface area contributed by atoms with Gasteiger partial charge in [-0.25, -0.2) is 0 Å². The number of carbonyl (C=O) groups is 1. The van der Waals surface area contributed by atoms with E-state index in [1.54, 1.807) is 30.2 Å². The highest BCUT2D eigenvalue weighted by atomic mass is 35.5. The maximum Gasteiger partial charge on any atom is 0.228 e. The van der Waals surface area contributed by atoms with Crippen molar-refractivity contribution in [1.29, 1.82) is 0 Å². The number of amides is 1. The van der Waals surface area contributed by atoms with Crippen LogP contribution in [0.4, 0.5) is 5.69 Å². The SMILES string of the molecule is COc1cc(Cl)cc(N2CC(S)CC2=O)c1. The number of ether oxygens (including phenoxy) is 1. The fraction of sp³-hybridized carbons (Fsp3) is 0.364. The molecule has 1 aliphatic heterocycles. The van der Waals surface area contributed by atoms with E-state index in [9.17, 15) is 4.79 Å². The van der Waals surface area contributed by atoms with Crippen molar-refractivity contribution < 1.29 is 9.53 Å². The normalized spacial score (nSPS) is 20.3. The maximum atomic E-state index is 11.7. The number of thiol groups is 1. The Kier molecular flexibility index (Phi) is 3.30.